The predicted octanol–water partition coefficient (Wildman–Crippen LogP) is 4.17. The first-order valence-corrected chi connectivity index (χ1v) is 12.9. The Morgan fingerprint density at radius 1 is 0.811 bits per heavy atom. The second-order valence-electron chi connectivity index (χ2n) is 9.12. The van der Waals surface area contributed by atoms with Gasteiger partial charge in [0, 0.05) is 5.75 Å². The van der Waals surface area contributed by atoms with Crippen molar-refractivity contribution in [3.63, 3.8) is 0 Å². The number of hydrogen-bond acceptors (Lipinski definition) is 6. The van der Waals surface area contributed by atoms with Gasteiger partial charge >= 0.3 is 5.97 Å². The number of amides is 3. The van der Waals surface area contributed by atoms with Crippen LogP contribution >= 0.6 is 11.8 Å². The summed E-state index contributed by atoms with van der Waals surface area (Å²) in [6.45, 7) is 1.79. The summed E-state index contributed by atoms with van der Waals surface area (Å²) < 4.78 is 6.04. The molecule has 3 aliphatic rings. The normalized spacial score (nSPS) is 20.6. The molecule has 3 aromatic rings. The Morgan fingerprint density at radius 2 is 1.32 bits per heavy atom. The first-order chi connectivity index (χ1) is 18.0. The Morgan fingerprint density at radius 3 is 1.86 bits per heavy atom. The summed E-state index contributed by atoms with van der Waals surface area (Å²) >= 11 is 1.43. The van der Waals surface area contributed by atoms with Crippen molar-refractivity contribution < 1.29 is 23.9 Å². The van der Waals surface area contributed by atoms with Gasteiger partial charge in [0.1, 0.15) is 17.1 Å². The molecule has 0 bridgehead atoms. The number of thioether (sulfide) groups is 1. The molecule has 0 N–H and O–H groups in total. The van der Waals surface area contributed by atoms with E-state index in [9.17, 15) is 19.2 Å². The highest BCUT2D eigenvalue weighted by atomic mass is 32.2. The van der Waals surface area contributed by atoms with Gasteiger partial charge in [0.15, 0.2) is 6.10 Å². The van der Waals surface area contributed by atoms with Crippen molar-refractivity contribution in [2.45, 2.75) is 24.4 Å². The molecule has 0 aromatic heterocycles. The van der Waals surface area contributed by atoms with E-state index in [0.29, 0.717) is 22.5 Å². The average Bonchev–Trinajstić information content (AvgIpc) is 3.18. The first-order valence-electron chi connectivity index (χ1n) is 11.9. The van der Waals surface area contributed by atoms with Gasteiger partial charge < -0.3 is 4.74 Å². The van der Waals surface area contributed by atoms with Crippen LogP contribution in [0.25, 0.3) is 0 Å². The number of ether oxygens (including phenoxy) is 1. The highest BCUT2D eigenvalue weighted by Gasteiger charge is 2.60. The van der Waals surface area contributed by atoms with Crippen LogP contribution in [0.2, 0.25) is 0 Å². The van der Waals surface area contributed by atoms with E-state index < -0.39 is 41.2 Å². The molecule has 0 spiro atoms. The maximum Gasteiger partial charge on any atom is 0.356 e. The van der Waals surface area contributed by atoms with E-state index in [4.69, 9.17) is 4.74 Å². The maximum absolute atomic E-state index is 13.6. The summed E-state index contributed by atoms with van der Waals surface area (Å²) in [5, 5.41) is -0.548. The van der Waals surface area contributed by atoms with E-state index in [1.807, 2.05) is 60.7 Å². The quantitative estimate of drug-likeness (QED) is 0.291. The summed E-state index contributed by atoms with van der Waals surface area (Å²) in [5.41, 5.74) is 3.08. The molecule has 2 atom stereocenters. The molecule has 1 saturated heterocycles. The minimum atomic E-state index is -0.965. The molecule has 0 radical (unpaired) electrons. The number of rotatable bonds is 5. The third-order valence-electron chi connectivity index (χ3n) is 6.86. The van der Waals surface area contributed by atoms with Gasteiger partial charge in [0.05, 0.1) is 11.1 Å². The maximum atomic E-state index is 13.6. The Kier molecular flexibility index (Phi) is 5.68. The van der Waals surface area contributed by atoms with Crippen LogP contribution in [-0.2, 0) is 14.3 Å². The second-order valence-corrected chi connectivity index (χ2v) is 10.2. The monoisotopic (exact) mass is 510 g/mol. The molecule has 8 heteroatoms. The number of fused-ring (bicyclic) bond motifs is 2. The van der Waals surface area contributed by atoms with Crippen LogP contribution in [0.1, 0.15) is 44.9 Å². The Hall–Kier alpha value is -4.17. The predicted molar refractivity (Wildman–Crippen MR) is 137 cm³/mol. The van der Waals surface area contributed by atoms with Crippen LogP contribution in [0.15, 0.2) is 96.2 Å². The van der Waals surface area contributed by atoms with E-state index >= 15 is 0 Å². The lowest BCUT2D eigenvalue weighted by Gasteiger charge is -2.51. The van der Waals surface area contributed by atoms with Gasteiger partial charge in [0.25, 0.3) is 17.7 Å². The number of esters is 1. The fourth-order valence-electron chi connectivity index (χ4n) is 5.05. The average molecular weight is 511 g/mol. The zero-order valence-corrected chi connectivity index (χ0v) is 20.7. The van der Waals surface area contributed by atoms with Crippen LogP contribution < -0.4 is 0 Å². The van der Waals surface area contributed by atoms with E-state index in [1.54, 1.807) is 31.2 Å². The highest BCUT2D eigenvalue weighted by Crippen LogP contribution is 2.45. The number of carbonyl (C=O) groups is 4. The van der Waals surface area contributed by atoms with Crippen molar-refractivity contribution in [2.75, 3.05) is 5.75 Å². The lowest BCUT2D eigenvalue weighted by atomic mass is 10.00. The molecule has 3 heterocycles. The molecule has 1 unspecified atom stereocenters. The standard InChI is InChI=1S/C29H22N2O5S/c1-17-16-37-28-23(30-25(32)20-14-8-9-15-21(20)26(30)33)27(34)31(28)22(17)29(35)36-24(18-10-4-2-5-11-18)19-12-6-3-7-13-19/h2-15,23-24,28H,16H2,1H3/t23?,28-/m0/s1. The summed E-state index contributed by atoms with van der Waals surface area (Å²) in [6.07, 6.45) is -0.661. The van der Waals surface area contributed by atoms with Gasteiger partial charge in [-0.1, -0.05) is 72.8 Å². The van der Waals surface area contributed by atoms with Gasteiger partial charge in [-0.2, -0.15) is 0 Å². The molecule has 7 nitrogen and oxygen atoms in total. The van der Waals surface area contributed by atoms with Crippen LogP contribution in [0.4, 0.5) is 0 Å². The minimum Gasteiger partial charge on any atom is -0.448 e. The Labute approximate surface area is 217 Å². The molecular weight excluding hydrogens is 488 g/mol. The smallest absolute Gasteiger partial charge is 0.356 e. The minimum absolute atomic E-state index is 0.179. The van der Waals surface area contributed by atoms with Gasteiger partial charge in [-0.3, -0.25) is 24.2 Å². The van der Waals surface area contributed by atoms with Crippen LogP contribution in [0.5, 0.6) is 0 Å². The Balaban J connectivity index is 1.28. The first kappa shape index (κ1) is 23.2. The summed E-state index contributed by atoms with van der Waals surface area (Å²) in [4.78, 5) is 55.5. The van der Waals surface area contributed by atoms with Gasteiger partial charge in [-0.25, -0.2) is 4.79 Å². The van der Waals surface area contributed by atoms with Crippen molar-refractivity contribution in [1.29, 1.82) is 0 Å². The van der Waals surface area contributed by atoms with E-state index in [1.165, 1.54) is 16.7 Å². The van der Waals surface area contributed by atoms with E-state index in [0.717, 1.165) is 16.0 Å². The number of hydrogen-bond donors (Lipinski definition) is 0. The van der Waals surface area contributed by atoms with Crippen LogP contribution in [-0.4, -0.2) is 50.7 Å². The number of carbonyl (C=O) groups excluding carboxylic acids is 4. The summed E-state index contributed by atoms with van der Waals surface area (Å²) in [5.74, 6) is -1.57. The van der Waals surface area contributed by atoms with Crippen molar-refractivity contribution in [3.8, 4) is 0 Å². The zero-order valence-electron chi connectivity index (χ0n) is 19.9. The fraction of sp³-hybridized carbons (Fsp3) is 0.172. The lowest BCUT2D eigenvalue weighted by molar-refractivity contribution is -0.155. The molecule has 3 aliphatic heterocycles. The zero-order chi connectivity index (χ0) is 25.7. The molecule has 1 fully saturated rings. The Bertz CT molecular complexity index is 1400. The van der Waals surface area contributed by atoms with Crippen molar-refractivity contribution in [3.05, 3.63) is 118 Å². The number of nitrogens with zero attached hydrogens (tertiary/aromatic N) is 2. The van der Waals surface area contributed by atoms with Gasteiger partial charge in [-0.15, -0.1) is 11.8 Å². The van der Waals surface area contributed by atoms with E-state index in [2.05, 4.69) is 0 Å². The van der Waals surface area contributed by atoms with Crippen molar-refractivity contribution in [1.82, 2.24) is 9.80 Å². The topological polar surface area (TPSA) is 84.0 Å². The van der Waals surface area contributed by atoms with Crippen LogP contribution in [0, 0.1) is 0 Å². The largest absolute Gasteiger partial charge is 0.448 e. The van der Waals surface area contributed by atoms with Gasteiger partial charge in [0.2, 0.25) is 0 Å². The number of β-lactam (4-membered cyclic amide) rings is 1. The SMILES string of the molecule is CC1=C(C(=O)OC(c2ccccc2)c2ccccc2)N2C(=O)C(N3C(=O)c4ccccc4C3=O)[C@@H]2SC1. The summed E-state index contributed by atoms with van der Waals surface area (Å²) in [7, 11) is 0. The number of benzene rings is 3. The van der Waals surface area contributed by atoms with Crippen molar-refractivity contribution >= 4 is 35.5 Å². The molecule has 3 aromatic carbocycles. The summed E-state index contributed by atoms with van der Waals surface area (Å²) in [6, 6.07) is 24.4. The molecule has 0 aliphatic carbocycles. The fourth-order valence-corrected chi connectivity index (χ4v) is 6.39. The number of imide groups is 1. The second kappa shape index (κ2) is 9.05. The van der Waals surface area contributed by atoms with E-state index in [-0.39, 0.29) is 5.70 Å². The molecule has 37 heavy (non-hydrogen) atoms. The highest BCUT2D eigenvalue weighted by molar-refractivity contribution is 8.00. The van der Waals surface area contributed by atoms with Crippen molar-refractivity contribution in [2.24, 2.45) is 0 Å². The lowest BCUT2D eigenvalue weighted by Crippen LogP contribution is -2.71. The van der Waals surface area contributed by atoms with Gasteiger partial charge in [-0.05, 0) is 35.8 Å². The third-order valence-corrected chi connectivity index (χ3v) is 8.27. The molecule has 3 amide bonds. The molecule has 0 saturated carbocycles. The molecule has 184 valence electrons. The third kappa shape index (κ3) is 3.67. The molecular formula is C29H22N2O5S. The van der Waals surface area contributed by atoms with Crippen LogP contribution in [0.3, 0.4) is 0 Å². The molecule has 6 rings (SSSR count).